The van der Waals surface area contributed by atoms with Crippen molar-refractivity contribution in [1.29, 1.82) is 0 Å². The molecule has 34 heavy (non-hydrogen) atoms. The molecule has 3 nitrogen and oxygen atoms in total. The second-order valence-corrected chi connectivity index (χ2v) is 8.16. The first kappa shape index (κ1) is 25.7. The minimum absolute atomic E-state index is 0.0482. The monoisotopic (exact) mass is 488 g/mol. The van der Waals surface area contributed by atoms with Gasteiger partial charge in [-0.3, -0.25) is 4.79 Å². The summed E-state index contributed by atoms with van der Waals surface area (Å²) in [6, 6.07) is 7.06. The highest BCUT2D eigenvalue weighted by atomic mass is 19.4. The number of nitrogens with one attached hydrogen (secondary N) is 2. The Hall–Kier alpha value is -2.88. The molecule has 0 aliphatic carbocycles. The zero-order valence-electron chi connectivity index (χ0n) is 18.0. The number of hydrogen-bond donors (Lipinski definition) is 2. The third-order valence-electron chi connectivity index (χ3n) is 5.51. The van der Waals surface area contributed by atoms with Gasteiger partial charge < -0.3 is 10.6 Å². The van der Waals surface area contributed by atoms with Crippen molar-refractivity contribution >= 4 is 5.91 Å². The quantitative estimate of drug-likeness (QED) is 0.399. The lowest BCUT2D eigenvalue weighted by Crippen LogP contribution is -2.28. The van der Waals surface area contributed by atoms with E-state index >= 15 is 0 Å². The number of amides is 1. The first-order chi connectivity index (χ1) is 15.9. The van der Waals surface area contributed by atoms with Crippen molar-refractivity contribution < 1.29 is 35.5 Å². The summed E-state index contributed by atoms with van der Waals surface area (Å²) in [5.74, 6) is -0.921. The summed E-state index contributed by atoms with van der Waals surface area (Å²) in [6.07, 6.45) is -7.97. The zero-order valence-corrected chi connectivity index (χ0v) is 18.0. The average Bonchev–Trinajstić information content (AvgIpc) is 2.78. The van der Waals surface area contributed by atoms with Gasteiger partial charge in [0.25, 0.3) is 0 Å². The van der Waals surface area contributed by atoms with Crippen LogP contribution in [0.25, 0.3) is 0 Å². The average molecular weight is 488 g/mol. The Kier molecular flexibility index (Phi) is 8.01. The summed E-state index contributed by atoms with van der Waals surface area (Å²) in [5, 5.41) is 5.65. The number of carbonyl (C=O) groups excluding carboxylic acids is 1. The molecule has 0 aromatic heterocycles. The second kappa shape index (κ2) is 10.6. The molecular formula is C24H23F7N2O. The van der Waals surface area contributed by atoms with E-state index in [4.69, 9.17) is 0 Å². The highest BCUT2D eigenvalue weighted by Crippen LogP contribution is 2.36. The van der Waals surface area contributed by atoms with Gasteiger partial charge >= 0.3 is 12.4 Å². The summed E-state index contributed by atoms with van der Waals surface area (Å²) < 4.78 is 91.6. The van der Waals surface area contributed by atoms with Gasteiger partial charge in [0.2, 0.25) is 5.91 Å². The van der Waals surface area contributed by atoms with Gasteiger partial charge in [-0.2, -0.15) is 26.3 Å². The number of alkyl halides is 6. The Morgan fingerprint density at radius 3 is 2.06 bits per heavy atom. The largest absolute Gasteiger partial charge is 0.416 e. The van der Waals surface area contributed by atoms with Crippen LogP contribution in [0.4, 0.5) is 30.7 Å². The Bertz CT molecular complexity index is 1000. The first-order valence-corrected chi connectivity index (χ1v) is 10.6. The third kappa shape index (κ3) is 7.31. The number of piperidine rings is 1. The van der Waals surface area contributed by atoms with Crippen LogP contribution in [-0.4, -0.2) is 19.0 Å². The van der Waals surface area contributed by atoms with E-state index in [0.29, 0.717) is 25.1 Å². The van der Waals surface area contributed by atoms with Gasteiger partial charge in [-0.05, 0) is 67.3 Å². The molecule has 3 rings (SSSR count). The molecule has 1 aliphatic heterocycles. The van der Waals surface area contributed by atoms with Crippen molar-refractivity contribution in [3.8, 4) is 0 Å². The fourth-order valence-corrected chi connectivity index (χ4v) is 3.80. The molecule has 2 aromatic rings. The Labute approximate surface area is 192 Å². The molecule has 1 saturated heterocycles. The van der Waals surface area contributed by atoms with E-state index in [1.807, 2.05) is 0 Å². The molecule has 1 aliphatic rings. The number of rotatable bonds is 6. The number of hydrogen-bond acceptors (Lipinski definition) is 2. The van der Waals surface area contributed by atoms with Crippen LogP contribution in [-0.2, 0) is 30.1 Å². The number of halogens is 7. The molecule has 184 valence electrons. The number of benzene rings is 2. The topological polar surface area (TPSA) is 41.1 Å². The van der Waals surface area contributed by atoms with Gasteiger partial charge in [0.1, 0.15) is 5.82 Å². The summed E-state index contributed by atoms with van der Waals surface area (Å²) in [4.78, 5) is 12.6. The van der Waals surface area contributed by atoms with E-state index < -0.39 is 41.7 Å². The Morgan fingerprint density at radius 2 is 1.53 bits per heavy atom. The van der Waals surface area contributed by atoms with Gasteiger partial charge in [-0.1, -0.05) is 23.3 Å². The smallest absolute Gasteiger partial charge is 0.352 e. The highest BCUT2D eigenvalue weighted by Gasteiger charge is 2.36. The fraction of sp³-hybridized carbons (Fsp3) is 0.375. The van der Waals surface area contributed by atoms with E-state index in [0.717, 1.165) is 36.1 Å². The summed E-state index contributed by atoms with van der Waals surface area (Å²) in [7, 11) is 0. The Balaban J connectivity index is 1.75. The fourth-order valence-electron chi connectivity index (χ4n) is 3.80. The maximum atomic E-state index is 13.2. The molecule has 0 radical (unpaired) electrons. The van der Waals surface area contributed by atoms with Crippen molar-refractivity contribution in [3.63, 3.8) is 0 Å². The van der Waals surface area contributed by atoms with Gasteiger partial charge in [0.05, 0.1) is 11.1 Å². The molecular weight excluding hydrogens is 465 g/mol. The summed E-state index contributed by atoms with van der Waals surface area (Å²) in [5.41, 5.74) is -0.573. The van der Waals surface area contributed by atoms with Crippen LogP contribution < -0.4 is 10.6 Å². The second-order valence-electron chi connectivity index (χ2n) is 8.16. The molecule has 2 N–H and O–H groups in total. The third-order valence-corrected chi connectivity index (χ3v) is 5.51. The lowest BCUT2D eigenvalue weighted by molar-refractivity contribution is -0.143. The summed E-state index contributed by atoms with van der Waals surface area (Å²) in [6.45, 7) is 0.923. The van der Waals surface area contributed by atoms with E-state index in [1.54, 1.807) is 12.1 Å². The van der Waals surface area contributed by atoms with Crippen LogP contribution in [0.5, 0.6) is 0 Å². The van der Waals surface area contributed by atoms with E-state index in [9.17, 15) is 35.5 Å². The predicted molar refractivity (Wildman–Crippen MR) is 112 cm³/mol. The van der Waals surface area contributed by atoms with Gasteiger partial charge in [-0.25, -0.2) is 4.39 Å². The minimum Gasteiger partial charge on any atom is -0.352 e. The molecule has 0 bridgehead atoms. The van der Waals surface area contributed by atoms with Crippen LogP contribution in [0.3, 0.4) is 0 Å². The van der Waals surface area contributed by atoms with Crippen LogP contribution in [0, 0.1) is 5.82 Å². The van der Waals surface area contributed by atoms with Gasteiger partial charge in [-0.15, -0.1) is 0 Å². The van der Waals surface area contributed by atoms with Crippen LogP contribution in [0.2, 0.25) is 0 Å². The normalized spacial score (nSPS) is 16.3. The highest BCUT2D eigenvalue weighted by molar-refractivity contribution is 5.78. The first-order valence-electron chi connectivity index (χ1n) is 10.6. The summed E-state index contributed by atoms with van der Waals surface area (Å²) >= 11 is 0. The molecule has 0 saturated carbocycles. The molecule has 0 atom stereocenters. The molecule has 0 unspecified atom stereocenters. The molecule has 0 spiro atoms. The molecule has 1 heterocycles. The predicted octanol–water partition coefficient (Wildman–Crippen LogP) is 5.79. The lowest BCUT2D eigenvalue weighted by atomic mass is 9.92. The van der Waals surface area contributed by atoms with Crippen molar-refractivity contribution in [3.05, 3.63) is 81.7 Å². The number of carbonyl (C=O) groups is 1. The van der Waals surface area contributed by atoms with Crippen molar-refractivity contribution in [2.24, 2.45) is 0 Å². The lowest BCUT2D eigenvalue weighted by Gasteiger charge is -2.21. The van der Waals surface area contributed by atoms with E-state index in [1.165, 1.54) is 12.1 Å². The maximum Gasteiger partial charge on any atom is 0.416 e. The van der Waals surface area contributed by atoms with Gasteiger partial charge in [0, 0.05) is 19.5 Å². The van der Waals surface area contributed by atoms with Crippen molar-refractivity contribution in [2.75, 3.05) is 13.1 Å². The van der Waals surface area contributed by atoms with Crippen LogP contribution in [0.1, 0.15) is 41.5 Å². The van der Waals surface area contributed by atoms with E-state index in [-0.39, 0.29) is 18.1 Å². The van der Waals surface area contributed by atoms with Crippen LogP contribution >= 0.6 is 0 Å². The zero-order chi connectivity index (χ0) is 24.9. The van der Waals surface area contributed by atoms with E-state index in [2.05, 4.69) is 10.6 Å². The molecule has 10 heteroatoms. The van der Waals surface area contributed by atoms with Crippen LogP contribution in [0.15, 0.2) is 53.6 Å². The van der Waals surface area contributed by atoms with Gasteiger partial charge in [0.15, 0.2) is 0 Å². The maximum absolute atomic E-state index is 13.2. The molecule has 2 aromatic carbocycles. The SMILES string of the molecule is O=C(CC(Cc1ccc(F)cc1)=C1CCCNC1)NCc1cc(C(F)(F)F)cc(C(F)(F)F)c1. The minimum atomic E-state index is -4.96. The molecule has 1 amide bonds. The van der Waals surface area contributed by atoms with Crippen molar-refractivity contribution in [1.82, 2.24) is 10.6 Å². The molecule has 1 fully saturated rings. The van der Waals surface area contributed by atoms with Crippen molar-refractivity contribution in [2.45, 2.75) is 44.6 Å². The standard InChI is InChI=1S/C24H23F7N2O/c25-21-5-3-15(4-6-21)8-18(17-2-1-7-32-14-17)11-22(34)33-13-16-9-19(23(26,27)28)12-20(10-16)24(29,30)31/h3-6,9-10,12,32H,1-2,7-8,11,13-14H2,(H,33,34). The Morgan fingerprint density at radius 1 is 0.912 bits per heavy atom.